The Bertz CT molecular complexity index is 976. The molecule has 9 heteroatoms. The number of nitrogens with one attached hydrogen (secondary N) is 2. The molecule has 0 saturated carbocycles. The van der Waals surface area contributed by atoms with Gasteiger partial charge in [-0.3, -0.25) is 14.9 Å². The zero-order valence-corrected chi connectivity index (χ0v) is 19.8. The van der Waals surface area contributed by atoms with Crippen LogP contribution in [-0.4, -0.2) is 54.6 Å². The zero-order valence-electron chi connectivity index (χ0n) is 18.2. The van der Waals surface area contributed by atoms with E-state index in [0.29, 0.717) is 61.2 Å². The number of halogens is 1. The summed E-state index contributed by atoms with van der Waals surface area (Å²) in [5.74, 6) is 0.548. The number of hydrogen-bond acceptors (Lipinski definition) is 5. The lowest BCUT2D eigenvalue weighted by Gasteiger charge is -2.37. The molecule has 0 spiro atoms. The fourth-order valence-electron chi connectivity index (χ4n) is 3.50. The van der Waals surface area contributed by atoms with Gasteiger partial charge in [-0.05, 0) is 61.6 Å². The predicted octanol–water partition coefficient (Wildman–Crippen LogP) is 3.92. The van der Waals surface area contributed by atoms with E-state index in [2.05, 4.69) is 15.5 Å². The molecule has 3 rings (SSSR count). The van der Waals surface area contributed by atoms with Gasteiger partial charge in [0.05, 0.1) is 18.0 Å². The van der Waals surface area contributed by atoms with Gasteiger partial charge in [0.2, 0.25) is 5.91 Å². The number of anilines is 2. The molecule has 0 atom stereocenters. The van der Waals surface area contributed by atoms with Crippen LogP contribution in [0.15, 0.2) is 42.5 Å². The molecule has 0 aliphatic carbocycles. The monoisotopic (exact) mass is 474 g/mol. The van der Waals surface area contributed by atoms with E-state index < -0.39 is 0 Å². The Kier molecular flexibility index (Phi) is 8.30. The van der Waals surface area contributed by atoms with Crippen molar-refractivity contribution < 1.29 is 14.3 Å². The van der Waals surface area contributed by atoms with Gasteiger partial charge < -0.3 is 19.9 Å². The first kappa shape index (κ1) is 23.8. The number of nitrogens with zero attached hydrogens (tertiary/aromatic N) is 2. The molecule has 2 aromatic carbocycles. The van der Waals surface area contributed by atoms with Crippen molar-refractivity contribution in [3.05, 3.63) is 53.1 Å². The van der Waals surface area contributed by atoms with Gasteiger partial charge in [0.15, 0.2) is 5.11 Å². The molecule has 2 amide bonds. The third-order valence-electron chi connectivity index (χ3n) is 5.14. The largest absolute Gasteiger partial charge is 0.494 e. The molecule has 7 nitrogen and oxygen atoms in total. The van der Waals surface area contributed by atoms with Crippen LogP contribution in [0.3, 0.4) is 0 Å². The van der Waals surface area contributed by atoms with E-state index >= 15 is 0 Å². The molecular formula is C23H27ClN4O3S. The van der Waals surface area contributed by atoms with Gasteiger partial charge in [0, 0.05) is 43.2 Å². The van der Waals surface area contributed by atoms with Crippen LogP contribution >= 0.6 is 23.8 Å². The van der Waals surface area contributed by atoms with Crippen molar-refractivity contribution in [3.8, 4) is 5.75 Å². The van der Waals surface area contributed by atoms with Crippen molar-refractivity contribution in [3.63, 3.8) is 0 Å². The number of amides is 2. The van der Waals surface area contributed by atoms with E-state index in [9.17, 15) is 9.59 Å². The fraction of sp³-hybridized carbons (Fsp3) is 0.348. The molecule has 2 N–H and O–H groups in total. The molecule has 1 saturated heterocycles. The van der Waals surface area contributed by atoms with Gasteiger partial charge in [-0.15, -0.1) is 0 Å². The highest BCUT2D eigenvalue weighted by atomic mass is 35.5. The highest BCUT2D eigenvalue weighted by Gasteiger charge is 2.22. The summed E-state index contributed by atoms with van der Waals surface area (Å²) in [6, 6.07) is 12.4. The van der Waals surface area contributed by atoms with Crippen molar-refractivity contribution in [1.82, 2.24) is 10.2 Å². The molecule has 0 bridgehead atoms. The minimum absolute atomic E-state index is 0.164. The number of rotatable bonds is 6. The third kappa shape index (κ3) is 6.11. The summed E-state index contributed by atoms with van der Waals surface area (Å²) in [6.45, 7) is 7.06. The summed E-state index contributed by atoms with van der Waals surface area (Å²) in [6.07, 6.45) is 0.510. The minimum Gasteiger partial charge on any atom is -0.494 e. The Hall–Kier alpha value is -2.84. The molecule has 2 aromatic rings. The van der Waals surface area contributed by atoms with Crippen molar-refractivity contribution in [1.29, 1.82) is 0 Å². The van der Waals surface area contributed by atoms with Crippen LogP contribution in [-0.2, 0) is 4.79 Å². The van der Waals surface area contributed by atoms with Crippen molar-refractivity contribution in [2.75, 3.05) is 43.0 Å². The molecule has 1 aliphatic rings. The maximum Gasteiger partial charge on any atom is 0.257 e. The van der Waals surface area contributed by atoms with Crippen molar-refractivity contribution >= 4 is 52.1 Å². The van der Waals surface area contributed by atoms with Gasteiger partial charge in [-0.25, -0.2) is 0 Å². The van der Waals surface area contributed by atoms with E-state index in [-0.39, 0.29) is 16.9 Å². The Morgan fingerprint density at radius 2 is 1.75 bits per heavy atom. The summed E-state index contributed by atoms with van der Waals surface area (Å²) in [5.41, 5.74) is 2.08. The average Bonchev–Trinajstić information content (AvgIpc) is 2.79. The Morgan fingerprint density at radius 3 is 2.38 bits per heavy atom. The fourth-order valence-corrected chi connectivity index (χ4v) is 3.88. The number of carbonyl (C=O) groups excluding carboxylic acids is 2. The number of thiocarbonyl (C=S) groups is 1. The van der Waals surface area contributed by atoms with Crippen LogP contribution in [0.5, 0.6) is 5.75 Å². The van der Waals surface area contributed by atoms with Crippen LogP contribution in [0.1, 0.15) is 30.6 Å². The topological polar surface area (TPSA) is 73.9 Å². The Morgan fingerprint density at radius 1 is 1.06 bits per heavy atom. The van der Waals surface area contributed by atoms with Crippen LogP contribution in [0.4, 0.5) is 11.4 Å². The quantitative estimate of drug-likeness (QED) is 0.618. The van der Waals surface area contributed by atoms with Crippen molar-refractivity contribution in [2.24, 2.45) is 0 Å². The Balaban J connectivity index is 1.65. The van der Waals surface area contributed by atoms with Gasteiger partial charge in [-0.1, -0.05) is 18.5 Å². The SMILES string of the molecule is CCOc1ccc(C(=O)NC(=S)Nc2cc(Cl)ccc2N2CCN(C(=O)CC)CC2)cc1. The van der Waals surface area contributed by atoms with E-state index in [1.807, 2.05) is 30.9 Å². The van der Waals surface area contributed by atoms with Crippen LogP contribution in [0.25, 0.3) is 0 Å². The molecule has 32 heavy (non-hydrogen) atoms. The lowest BCUT2D eigenvalue weighted by atomic mass is 10.2. The first-order valence-electron chi connectivity index (χ1n) is 10.6. The normalized spacial score (nSPS) is 13.5. The van der Waals surface area contributed by atoms with Crippen LogP contribution in [0, 0.1) is 0 Å². The lowest BCUT2D eigenvalue weighted by Crippen LogP contribution is -2.48. The van der Waals surface area contributed by atoms with E-state index in [1.54, 1.807) is 30.3 Å². The highest BCUT2D eigenvalue weighted by Crippen LogP contribution is 2.30. The first-order valence-corrected chi connectivity index (χ1v) is 11.4. The molecule has 170 valence electrons. The summed E-state index contributed by atoms with van der Waals surface area (Å²) < 4.78 is 5.40. The number of benzene rings is 2. The first-order chi connectivity index (χ1) is 15.4. The summed E-state index contributed by atoms with van der Waals surface area (Å²) in [4.78, 5) is 28.5. The standard InChI is InChI=1S/C23H27ClN4O3S/c1-3-21(29)28-13-11-27(12-14-28)20-10-7-17(24)15-19(20)25-23(32)26-22(30)16-5-8-18(9-6-16)31-4-2/h5-10,15H,3-4,11-14H2,1-2H3,(H2,25,26,30,32). The molecule has 1 aliphatic heterocycles. The van der Waals surface area contributed by atoms with E-state index in [1.165, 1.54) is 0 Å². The molecule has 0 unspecified atom stereocenters. The average molecular weight is 475 g/mol. The number of hydrogen-bond donors (Lipinski definition) is 2. The van der Waals surface area contributed by atoms with Gasteiger partial charge >= 0.3 is 0 Å². The Labute approximate surface area is 198 Å². The summed E-state index contributed by atoms with van der Waals surface area (Å²) >= 11 is 11.6. The molecular weight excluding hydrogens is 448 g/mol. The van der Waals surface area contributed by atoms with E-state index in [0.717, 1.165) is 5.69 Å². The van der Waals surface area contributed by atoms with Gasteiger partial charge in [0.1, 0.15) is 5.75 Å². The second kappa shape index (κ2) is 11.2. The minimum atomic E-state index is -0.319. The number of carbonyl (C=O) groups is 2. The zero-order chi connectivity index (χ0) is 23.1. The third-order valence-corrected chi connectivity index (χ3v) is 5.58. The number of ether oxygens (including phenoxy) is 1. The molecule has 0 radical (unpaired) electrons. The van der Waals surface area contributed by atoms with E-state index in [4.69, 9.17) is 28.6 Å². The van der Waals surface area contributed by atoms with Gasteiger partial charge in [-0.2, -0.15) is 0 Å². The smallest absolute Gasteiger partial charge is 0.257 e. The maximum atomic E-state index is 12.5. The molecule has 1 heterocycles. The summed E-state index contributed by atoms with van der Waals surface area (Å²) in [7, 11) is 0. The summed E-state index contributed by atoms with van der Waals surface area (Å²) in [5, 5.41) is 6.52. The highest BCUT2D eigenvalue weighted by molar-refractivity contribution is 7.80. The molecule has 0 aromatic heterocycles. The van der Waals surface area contributed by atoms with Crippen LogP contribution in [0.2, 0.25) is 5.02 Å². The maximum absolute atomic E-state index is 12.5. The second-order valence-corrected chi connectivity index (χ2v) is 8.09. The lowest BCUT2D eigenvalue weighted by molar-refractivity contribution is -0.131. The predicted molar refractivity (Wildman–Crippen MR) is 132 cm³/mol. The van der Waals surface area contributed by atoms with Crippen molar-refractivity contribution in [2.45, 2.75) is 20.3 Å². The number of piperazine rings is 1. The van der Waals surface area contributed by atoms with Gasteiger partial charge in [0.25, 0.3) is 5.91 Å². The molecule has 1 fully saturated rings. The van der Waals surface area contributed by atoms with Crippen LogP contribution < -0.4 is 20.3 Å². The second-order valence-electron chi connectivity index (χ2n) is 7.25.